The summed E-state index contributed by atoms with van der Waals surface area (Å²) in [5.74, 6) is 0.269. The molecule has 15 heavy (non-hydrogen) atoms. The summed E-state index contributed by atoms with van der Waals surface area (Å²) in [6.07, 6.45) is 3.93. The van der Waals surface area contributed by atoms with E-state index in [-0.39, 0.29) is 22.9 Å². The zero-order chi connectivity index (χ0) is 12.1. The third-order valence-corrected chi connectivity index (χ3v) is 3.56. The van der Waals surface area contributed by atoms with Crippen molar-refractivity contribution in [1.29, 1.82) is 0 Å². The van der Waals surface area contributed by atoms with Crippen LogP contribution in [-0.2, 0) is 4.79 Å². The minimum absolute atomic E-state index is 0.00473. The van der Waals surface area contributed by atoms with E-state index in [9.17, 15) is 9.90 Å². The molecule has 0 aromatic carbocycles. The SMILES string of the molecule is CCC(C)C(=O)/C=C(\O)C(C)(CC)CC. The van der Waals surface area contributed by atoms with E-state index in [0.29, 0.717) is 0 Å². The second-order valence-electron chi connectivity index (χ2n) is 4.51. The first-order valence-corrected chi connectivity index (χ1v) is 5.86. The summed E-state index contributed by atoms with van der Waals surface area (Å²) in [7, 11) is 0. The molecule has 0 radical (unpaired) electrons. The second-order valence-corrected chi connectivity index (χ2v) is 4.51. The monoisotopic (exact) mass is 212 g/mol. The molecular formula is C13H24O2. The van der Waals surface area contributed by atoms with Crippen molar-refractivity contribution < 1.29 is 9.90 Å². The first kappa shape index (κ1) is 14.2. The van der Waals surface area contributed by atoms with Crippen molar-refractivity contribution in [3.63, 3.8) is 0 Å². The van der Waals surface area contributed by atoms with Crippen LogP contribution in [-0.4, -0.2) is 10.9 Å². The van der Waals surface area contributed by atoms with Gasteiger partial charge in [-0.15, -0.1) is 0 Å². The number of hydrogen-bond acceptors (Lipinski definition) is 2. The van der Waals surface area contributed by atoms with Crippen LogP contribution in [0.2, 0.25) is 0 Å². The molecule has 0 bridgehead atoms. The van der Waals surface area contributed by atoms with Gasteiger partial charge >= 0.3 is 0 Å². The smallest absolute Gasteiger partial charge is 0.161 e. The van der Waals surface area contributed by atoms with Gasteiger partial charge in [0, 0.05) is 17.4 Å². The molecule has 0 aromatic heterocycles. The molecular weight excluding hydrogens is 188 g/mol. The minimum atomic E-state index is -0.247. The van der Waals surface area contributed by atoms with Gasteiger partial charge in [0.15, 0.2) is 5.78 Å². The molecule has 0 fully saturated rings. The van der Waals surface area contributed by atoms with Crippen LogP contribution < -0.4 is 0 Å². The molecule has 2 nitrogen and oxygen atoms in total. The zero-order valence-corrected chi connectivity index (χ0v) is 10.6. The second kappa shape index (κ2) is 5.94. The number of carbonyl (C=O) groups excluding carboxylic acids is 1. The average Bonchev–Trinajstić information content (AvgIpc) is 2.26. The van der Waals surface area contributed by atoms with Crippen molar-refractivity contribution in [3.8, 4) is 0 Å². The Morgan fingerprint density at radius 2 is 1.80 bits per heavy atom. The maximum atomic E-state index is 11.6. The van der Waals surface area contributed by atoms with Crippen LogP contribution in [0.15, 0.2) is 11.8 Å². The standard InChI is InChI=1S/C13H24O2/c1-6-10(4)11(14)9-12(15)13(5,7-2)8-3/h9-10,15H,6-8H2,1-5H3/b12-9-. The number of rotatable bonds is 6. The Bertz CT molecular complexity index is 237. The summed E-state index contributed by atoms with van der Waals surface area (Å²) < 4.78 is 0. The topological polar surface area (TPSA) is 37.3 Å². The number of aliphatic hydroxyl groups is 1. The lowest BCUT2D eigenvalue weighted by molar-refractivity contribution is -0.118. The highest BCUT2D eigenvalue weighted by atomic mass is 16.3. The molecule has 88 valence electrons. The Labute approximate surface area is 93.4 Å². The number of carbonyl (C=O) groups is 1. The molecule has 0 rings (SSSR count). The van der Waals surface area contributed by atoms with Gasteiger partial charge in [-0.1, -0.05) is 34.6 Å². The van der Waals surface area contributed by atoms with E-state index in [2.05, 4.69) is 0 Å². The predicted octanol–water partition coefficient (Wildman–Crippen LogP) is 3.87. The Morgan fingerprint density at radius 3 is 2.13 bits per heavy atom. The van der Waals surface area contributed by atoms with E-state index < -0.39 is 0 Å². The molecule has 0 aromatic rings. The Hall–Kier alpha value is -0.790. The molecule has 1 N–H and O–H groups in total. The molecule has 0 saturated carbocycles. The molecule has 0 aliphatic heterocycles. The van der Waals surface area contributed by atoms with Crippen molar-refractivity contribution >= 4 is 5.78 Å². The first-order chi connectivity index (χ1) is 6.91. The van der Waals surface area contributed by atoms with E-state index in [4.69, 9.17) is 0 Å². The quantitative estimate of drug-likeness (QED) is 0.536. The lowest BCUT2D eigenvalue weighted by Crippen LogP contribution is -2.19. The average molecular weight is 212 g/mol. The third kappa shape index (κ3) is 3.69. The molecule has 0 saturated heterocycles. The van der Waals surface area contributed by atoms with Crippen molar-refractivity contribution in [1.82, 2.24) is 0 Å². The van der Waals surface area contributed by atoms with Gasteiger partial charge in [0.25, 0.3) is 0 Å². The van der Waals surface area contributed by atoms with E-state index >= 15 is 0 Å². The molecule has 1 atom stereocenters. The molecule has 0 amide bonds. The van der Waals surface area contributed by atoms with Gasteiger partial charge in [0.1, 0.15) is 5.76 Å². The fourth-order valence-electron chi connectivity index (χ4n) is 1.26. The Morgan fingerprint density at radius 1 is 1.33 bits per heavy atom. The lowest BCUT2D eigenvalue weighted by atomic mass is 9.81. The van der Waals surface area contributed by atoms with Crippen molar-refractivity contribution in [3.05, 3.63) is 11.8 Å². The molecule has 2 heteroatoms. The highest BCUT2D eigenvalue weighted by molar-refractivity contribution is 5.91. The Kier molecular flexibility index (Phi) is 5.63. The molecule has 0 aliphatic rings. The number of allylic oxidation sites excluding steroid dienone is 2. The third-order valence-electron chi connectivity index (χ3n) is 3.56. The number of aliphatic hydroxyl groups excluding tert-OH is 1. The van der Waals surface area contributed by atoms with Crippen LogP contribution in [0.25, 0.3) is 0 Å². The van der Waals surface area contributed by atoms with Crippen molar-refractivity contribution in [2.24, 2.45) is 11.3 Å². The summed E-state index contributed by atoms with van der Waals surface area (Å²) in [4.78, 5) is 11.6. The first-order valence-electron chi connectivity index (χ1n) is 5.86. The van der Waals surface area contributed by atoms with Gasteiger partial charge in [-0.05, 0) is 19.3 Å². The lowest BCUT2D eigenvalue weighted by Gasteiger charge is -2.25. The highest BCUT2D eigenvalue weighted by Crippen LogP contribution is 2.32. The zero-order valence-electron chi connectivity index (χ0n) is 10.6. The largest absolute Gasteiger partial charge is 0.512 e. The summed E-state index contributed by atoms with van der Waals surface area (Å²) >= 11 is 0. The summed E-state index contributed by atoms with van der Waals surface area (Å²) in [6.45, 7) is 9.92. The fourth-order valence-corrected chi connectivity index (χ4v) is 1.26. The molecule has 0 spiro atoms. The van der Waals surface area contributed by atoms with E-state index in [0.717, 1.165) is 19.3 Å². The van der Waals surface area contributed by atoms with Crippen LogP contribution in [0, 0.1) is 11.3 Å². The van der Waals surface area contributed by atoms with Gasteiger partial charge in [-0.3, -0.25) is 4.79 Å². The van der Waals surface area contributed by atoms with E-state index in [1.54, 1.807) is 0 Å². The van der Waals surface area contributed by atoms with Gasteiger partial charge < -0.3 is 5.11 Å². The molecule has 0 aliphatic carbocycles. The summed E-state index contributed by atoms with van der Waals surface area (Å²) in [5.41, 5.74) is -0.247. The maximum absolute atomic E-state index is 11.6. The van der Waals surface area contributed by atoms with Gasteiger partial charge in [-0.2, -0.15) is 0 Å². The van der Waals surface area contributed by atoms with Crippen LogP contribution in [0.5, 0.6) is 0 Å². The van der Waals surface area contributed by atoms with Crippen molar-refractivity contribution in [2.45, 2.75) is 53.9 Å². The molecule has 0 heterocycles. The van der Waals surface area contributed by atoms with Crippen LogP contribution in [0.4, 0.5) is 0 Å². The normalized spacial score (nSPS) is 15.1. The van der Waals surface area contributed by atoms with Gasteiger partial charge in [-0.25, -0.2) is 0 Å². The maximum Gasteiger partial charge on any atom is 0.161 e. The van der Waals surface area contributed by atoms with E-state index in [1.807, 2.05) is 34.6 Å². The van der Waals surface area contributed by atoms with Gasteiger partial charge in [0.2, 0.25) is 0 Å². The number of hydrogen-bond donors (Lipinski definition) is 1. The summed E-state index contributed by atoms with van der Waals surface area (Å²) in [6, 6.07) is 0. The van der Waals surface area contributed by atoms with Gasteiger partial charge in [0.05, 0.1) is 0 Å². The van der Waals surface area contributed by atoms with Crippen LogP contribution in [0.1, 0.15) is 53.9 Å². The fraction of sp³-hybridized carbons (Fsp3) is 0.769. The highest BCUT2D eigenvalue weighted by Gasteiger charge is 2.25. The van der Waals surface area contributed by atoms with Crippen LogP contribution >= 0.6 is 0 Å². The van der Waals surface area contributed by atoms with Crippen molar-refractivity contribution in [2.75, 3.05) is 0 Å². The Balaban J connectivity index is 4.75. The predicted molar refractivity (Wildman–Crippen MR) is 63.9 cm³/mol. The van der Waals surface area contributed by atoms with Crippen LogP contribution in [0.3, 0.4) is 0 Å². The number of ketones is 1. The minimum Gasteiger partial charge on any atom is -0.512 e. The molecule has 1 unspecified atom stereocenters. The van der Waals surface area contributed by atoms with E-state index in [1.165, 1.54) is 6.08 Å². The summed E-state index contributed by atoms with van der Waals surface area (Å²) in [5, 5.41) is 9.92.